The first kappa shape index (κ1) is 12.8. The Bertz CT molecular complexity index is 450. The minimum Gasteiger partial charge on any atom is -0.478 e. The Balaban J connectivity index is 2.27. The van der Waals surface area contributed by atoms with Crippen LogP contribution in [0.3, 0.4) is 0 Å². The number of carboxylic acids is 1. The van der Waals surface area contributed by atoms with Crippen molar-refractivity contribution in [1.29, 1.82) is 0 Å². The van der Waals surface area contributed by atoms with Crippen molar-refractivity contribution in [2.24, 2.45) is 0 Å². The highest BCUT2D eigenvalue weighted by Gasteiger charge is 2.24. The van der Waals surface area contributed by atoms with E-state index in [0.29, 0.717) is 24.9 Å². The van der Waals surface area contributed by atoms with Crippen LogP contribution in [-0.2, 0) is 4.74 Å². The topological polar surface area (TPSA) is 75.5 Å². The smallest absolute Gasteiger partial charge is 0.339 e. The van der Waals surface area contributed by atoms with E-state index >= 15 is 0 Å². The summed E-state index contributed by atoms with van der Waals surface area (Å²) in [6, 6.07) is 0.258. The van der Waals surface area contributed by atoms with Crippen molar-refractivity contribution in [3.63, 3.8) is 0 Å². The number of anilines is 1. The number of aromatic nitrogens is 2. The second kappa shape index (κ2) is 5.30. The van der Waals surface area contributed by atoms with Gasteiger partial charge in [-0.15, -0.1) is 0 Å². The Labute approximate surface area is 106 Å². The highest BCUT2D eigenvalue weighted by molar-refractivity contribution is 5.88. The minimum atomic E-state index is -0.993. The van der Waals surface area contributed by atoms with Crippen LogP contribution in [0.4, 0.5) is 5.95 Å². The van der Waals surface area contributed by atoms with Crippen LogP contribution in [0.2, 0.25) is 0 Å². The molecule has 2 heterocycles. The minimum absolute atomic E-state index is 0.153. The van der Waals surface area contributed by atoms with Gasteiger partial charge in [0.1, 0.15) is 0 Å². The largest absolute Gasteiger partial charge is 0.478 e. The first-order valence-corrected chi connectivity index (χ1v) is 6.04. The second-order valence-electron chi connectivity index (χ2n) is 4.30. The van der Waals surface area contributed by atoms with Gasteiger partial charge in [0.15, 0.2) is 0 Å². The van der Waals surface area contributed by atoms with Crippen LogP contribution >= 0.6 is 0 Å². The molecule has 18 heavy (non-hydrogen) atoms. The molecule has 0 spiro atoms. The van der Waals surface area contributed by atoms with Crippen LogP contribution in [0, 0.1) is 6.92 Å². The normalized spacial score (nSPS) is 19.9. The summed E-state index contributed by atoms with van der Waals surface area (Å²) < 4.78 is 5.43. The van der Waals surface area contributed by atoms with Crippen molar-refractivity contribution in [2.45, 2.75) is 26.3 Å². The molecule has 98 valence electrons. The second-order valence-corrected chi connectivity index (χ2v) is 4.30. The van der Waals surface area contributed by atoms with E-state index in [1.54, 1.807) is 6.92 Å². The molecule has 1 aromatic rings. The molecule has 1 atom stereocenters. The maximum atomic E-state index is 10.9. The summed E-state index contributed by atoms with van der Waals surface area (Å²) in [5.41, 5.74) is 0.647. The van der Waals surface area contributed by atoms with Crippen molar-refractivity contribution in [2.75, 3.05) is 24.7 Å². The summed E-state index contributed by atoms with van der Waals surface area (Å²) in [7, 11) is 0. The van der Waals surface area contributed by atoms with Crippen LogP contribution in [0.5, 0.6) is 0 Å². The highest BCUT2D eigenvalue weighted by atomic mass is 16.5. The fourth-order valence-electron chi connectivity index (χ4n) is 2.06. The van der Waals surface area contributed by atoms with Gasteiger partial charge in [0.25, 0.3) is 0 Å². The van der Waals surface area contributed by atoms with Crippen LogP contribution in [-0.4, -0.2) is 46.8 Å². The third-order valence-corrected chi connectivity index (χ3v) is 3.15. The van der Waals surface area contributed by atoms with E-state index in [1.807, 2.05) is 0 Å². The van der Waals surface area contributed by atoms with Gasteiger partial charge in [-0.05, 0) is 13.3 Å². The number of hydrogen-bond acceptors (Lipinski definition) is 5. The van der Waals surface area contributed by atoms with Gasteiger partial charge >= 0.3 is 5.97 Å². The summed E-state index contributed by atoms with van der Waals surface area (Å²) in [5.74, 6) is -0.402. The molecule has 1 fully saturated rings. The van der Waals surface area contributed by atoms with E-state index in [4.69, 9.17) is 9.84 Å². The van der Waals surface area contributed by atoms with Gasteiger partial charge in [0.05, 0.1) is 30.5 Å². The van der Waals surface area contributed by atoms with E-state index in [0.717, 1.165) is 13.0 Å². The number of morpholine rings is 1. The van der Waals surface area contributed by atoms with Crippen molar-refractivity contribution in [3.8, 4) is 0 Å². The fraction of sp³-hybridized carbons (Fsp3) is 0.583. The van der Waals surface area contributed by atoms with Gasteiger partial charge in [-0.3, -0.25) is 0 Å². The number of hydrogen-bond donors (Lipinski definition) is 1. The first-order valence-electron chi connectivity index (χ1n) is 6.04. The van der Waals surface area contributed by atoms with Gasteiger partial charge in [-0.1, -0.05) is 6.92 Å². The molecule has 1 aliphatic rings. The monoisotopic (exact) mass is 251 g/mol. The van der Waals surface area contributed by atoms with Crippen LogP contribution in [0.25, 0.3) is 0 Å². The summed E-state index contributed by atoms with van der Waals surface area (Å²) in [4.78, 5) is 21.5. The fourth-order valence-corrected chi connectivity index (χ4v) is 2.06. The van der Waals surface area contributed by atoms with Crippen LogP contribution in [0.15, 0.2) is 6.20 Å². The summed E-state index contributed by atoms with van der Waals surface area (Å²) in [6.07, 6.45) is 2.32. The number of carboxylic acid groups (broad SMARTS) is 1. The quantitative estimate of drug-likeness (QED) is 0.867. The Kier molecular flexibility index (Phi) is 3.76. The lowest BCUT2D eigenvalue weighted by molar-refractivity contribution is 0.0694. The lowest BCUT2D eigenvalue weighted by Gasteiger charge is -2.35. The Hall–Kier alpha value is -1.69. The maximum Gasteiger partial charge on any atom is 0.339 e. The Morgan fingerprint density at radius 2 is 2.44 bits per heavy atom. The lowest BCUT2D eigenvalue weighted by atomic mass is 10.2. The van der Waals surface area contributed by atoms with Gasteiger partial charge in [0.2, 0.25) is 5.95 Å². The Morgan fingerprint density at radius 3 is 3.06 bits per heavy atom. The summed E-state index contributed by atoms with van der Waals surface area (Å²) in [6.45, 7) is 5.84. The standard InChI is InChI=1S/C12H17N3O3/c1-3-9-7-18-5-4-15(9)12-13-6-10(11(16)17)8(2)14-12/h6,9H,3-5,7H2,1-2H3,(H,16,17). The zero-order valence-electron chi connectivity index (χ0n) is 10.6. The van der Waals surface area contributed by atoms with Gasteiger partial charge in [-0.25, -0.2) is 14.8 Å². The molecule has 1 N–H and O–H groups in total. The van der Waals surface area contributed by atoms with E-state index in [-0.39, 0.29) is 11.6 Å². The van der Waals surface area contributed by atoms with Crippen molar-refractivity contribution in [3.05, 3.63) is 17.5 Å². The molecule has 0 aliphatic carbocycles. The van der Waals surface area contributed by atoms with Gasteiger partial charge in [0, 0.05) is 12.7 Å². The number of aromatic carboxylic acids is 1. The van der Waals surface area contributed by atoms with E-state index in [1.165, 1.54) is 6.20 Å². The third-order valence-electron chi connectivity index (χ3n) is 3.15. The molecule has 1 saturated heterocycles. The van der Waals surface area contributed by atoms with Gasteiger partial charge < -0.3 is 14.7 Å². The molecule has 0 saturated carbocycles. The number of aryl methyl sites for hydroxylation is 1. The average Bonchev–Trinajstić information content (AvgIpc) is 2.38. The highest BCUT2D eigenvalue weighted by Crippen LogP contribution is 2.18. The summed E-state index contributed by atoms with van der Waals surface area (Å²) in [5, 5.41) is 8.95. The molecular formula is C12H17N3O3. The predicted molar refractivity (Wildman–Crippen MR) is 66.0 cm³/mol. The first-order chi connectivity index (χ1) is 8.63. The van der Waals surface area contributed by atoms with E-state index < -0.39 is 5.97 Å². The van der Waals surface area contributed by atoms with Gasteiger partial charge in [-0.2, -0.15) is 0 Å². The zero-order valence-corrected chi connectivity index (χ0v) is 10.6. The maximum absolute atomic E-state index is 10.9. The van der Waals surface area contributed by atoms with Crippen LogP contribution < -0.4 is 4.90 Å². The van der Waals surface area contributed by atoms with E-state index in [9.17, 15) is 4.79 Å². The Morgan fingerprint density at radius 1 is 1.67 bits per heavy atom. The van der Waals surface area contributed by atoms with Crippen molar-refractivity contribution < 1.29 is 14.6 Å². The molecule has 1 aromatic heterocycles. The molecular weight excluding hydrogens is 234 g/mol. The van der Waals surface area contributed by atoms with Crippen LogP contribution in [0.1, 0.15) is 29.4 Å². The predicted octanol–water partition coefficient (Wildman–Crippen LogP) is 1.10. The molecule has 1 unspecified atom stereocenters. The molecule has 0 aromatic carbocycles. The average molecular weight is 251 g/mol. The van der Waals surface area contributed by atoms with Crippen molar-refractivity contribution >= 4 is 11.9 Å². The third kappa shape index (κ3) is 2.43. The van der Waals surface area contributed by atoms with E-state index in [2.05, 4.69) is 21.8 Å². The molecule has 6 heteroatoms. The molecule has 0 radical (unpaired) electrons. The van der Waals surface area contributed by atoms with Crippen molar-refractivity contribution in [1.82, 2.24) is 9.97 Å². The zero-order chi connectivity index (χ0) is 13.1. The SMILES string of the molecule is CCC1COCCN1c1ncc(C(=O)O)c(C)n1. The lowest BCUT2D eigenvalue weighted by Crippen LogP contribution is -2.46. The molecule has 0 bridgehead atoms. The molecule has 2 rings (SSSR count). The number of nitrogens with zero attached hydrogens (tertiary/aromatic N) is 3. The number of carbonyl (C=O) groups is 1. The molecule has 1 aliphatic heterocycles. The molecule has 0 amide bonds. The number of rotatable bonds is 3. The summed E-state index contributed by atoms with van der Waals surface area (Å²) >= 11 is 0. The number of ether oxygens (including phenoxy) is 1. The molecule has 6 nitrogen and oxygen atoms in total.